The van der Waals surface area contributed by atoms with Gasteiger partial charge in [0.25, 0.3) is 0 Å². The van der Waals surface area contributed by atoms with Gasteiger partial charge in [-0.3, -0.25) is 4.79 Å². The van der Waals surface area contributed by atoms with E-state index in [0.717, 1.165) is 6.07 Å². The predicted octanol–water partition coefficient (Wildman–Crippen LogP) is 0.915. The van der Waals surface area contributed by atoms with E-state index >= 15 is 0 Å². The summed E-state index contributed by atoms with van der Waals surface area (Å²) < 4.78 is 23.1. The summed E-state index contributed by atoms with van der Waals surface area (Å²) in [4.78, 5) is 23.1. The van der Waals surface area contributed by atoms with Gasteiger partial charge < -0.3 is 20.5 Å². The Hall–Kier alpha value is -1.99. The van der Waals surface area contributed by atoms with Crippen LogP contribution in [0.5, 0.6) is 0 Å². The first-order chi connectivity index (χ1) is 9.51. The number of benzene rings is 1. The molecule has 1 atom stereocenters. The molecule has 1 unspecified atom stereocenters. The summed E-state index contributed by atoms with van der Waals surface area (Å²) in [7, 11) is 2.65. The Morgan fingerprint density at radius 3 is 2.65 bits per heavy atom. The van der Waals surface area contributed by atoms with Gasteiger partial charge in [-0.1, -0.05) is 0 Å². The number of hydrogen-bond donors (Lipinski definition) is 2. The Morgan fingerprint density at radius 1 is 1.40 bits per heavy atom. The highest BCUT2D eigenvalue weighted by Gasteiger charge is 2.15. The topological polar surface area (TPSA) is 90.7 Å². The molecule has 0 radical (unpaired) electrons. The Balaban J connectivity index is 2.81. The van der Waals surface area contributed by atoms with Gasteiger partial charge in [0.2, 0.25) is 5.91 Å². The van der Waals surface area contributed by atoms with Gasteiger partial charge >= 0.3 is 5.97 Å². The van der Waals surface area contributed by atoms with Crippen LogP contribution in [0.3, 0.4) is 0 Å². The molecule has 6 nitrogen and oxygen atoms in total. The lowest BCUT2D eigenvalue weighted by Crippen LogP contribution is -2.28. The number of esters is 1. The van der Waals surface area contributed by atoms with E-state index in [1.165, 1.54) is 26.4 Å². The standard InChI is InChI=1S/C13H17FN2O4/c1-19-9(7-15)6-12(17)16-11-5-8(13(18)20-2)3-4-10(11)14/h3-5,9H,6-7,15H2,1-2H3,(H,16,17). The third-order valence-electron chi connectivity index (χ3n) is 2.67. The fourth-order valence-electron chi connectivity index (χ4n) is 1.54. The first-order valence-electron chi connectivity index (χ1n) is 5.92. The van der Waals surface area contributed by atoms with Crippen LogP contribution < -0.4 is 11.1 Å². The summed E-state index contributed by atoms with van der Waals surface area (Å²) in [5, 5.41) is 2.37. The maximum absolute atomic E-state index is 13.6. The zero-order chi connectivity index (χ0) is 15.1. The number of ether oxygens (including phenoxy) is 2. The van der Waals surface area contributed by atoms with Crippen molar-refractivity contribution in [1.82, 2.24) is 0 Å². The molecule has 0 saturated carbocycles. The molecule has 0 fully saturated rings. The summed E-state index contributed by atoms with van der Waals surface area (Å²) in [5.41, 5.74) is 5.45. The van der Waals surface area contributed by atoms with Crippen molar-refractivity contribution in [1.29, 1.82) is 0 Å². The lowest BCUT2D eigenvalue weighted by molar-refractivity contribution is -0.118. The van der Waals surface area contributed by atoms with Gasteiger partial charge in [-0.25, -0.2) is 9.18 Å². The Morgan fingerprint density at radius 2 is 2.10 bits per heavy atom. The van der Waals surface area contributed by atoms with Gasteiger partial charge in [0.15, 0.2) is 0 Å². The molecule has 20 heavy (non-hydrogen) atoms. The first kappa shape index (κ1) is 16.1. The molecule has 1 aromatic carbocycles. The minimum Gasteiger partial charge on any atom is -0.465 e. The number of nitrogens with two attached hydrogens (primary N) is 1. The number of halogens is 1. The molecule has 110 valence electrons. The highest BCUT2D eigenvalue weighted by molar-refractivity contribution is 5.94. The minimum atomic E-state index is -0.646. The van der Waals surface area contributed by atoms with Crippen LogP contribution in [0.2, 0.25) is 0 Å². The number of nitrogens with one attached hydrogen (secondary N) is 1. The van der Waals surface area contributed by atoms with Gasteiger partial charge in [-0.05, 0) is 18.2 Å². The minimum absolute atomic E-state index is 0.00507. The second-order valence-electron chi connectivity index (χ2n) is 4.03. The fourth-order valence-corrected chi connectivity index (χ4v) is 1.54. The van der Waals surface area contributed by atoms with E-state index in [1.54, 1.807) is 0 Å². The molecule has 0 bridgehead atoms. The summed E-state index contributed by atoms with van der Waals surface area (Å²) in [6, 6.07) is 3.57. The second kappa shape index (κ2) is 7.56. The van der Waals surface area contributed by atoms with E-state index in [0.29, 0.717) is 0 Å². The van der Waals surface area contributed by atoms with Crippen LogP contribution in [-0.4, -0.2) is 38.7 Å². The molecular formula is C13H17FN2O4. The van der Waals surface area contributed by atoms with Crippen LogP contribution in [0.15, 0.2) is 18.2 Å². The largest absolute Gasteiger partial charge is 0.465 e. The summed E-state index contributed by atoms with van der Waals surface area (Å²) in [6.07, 6.45) is -0.448. The normalized spacial score (nSPS) is 11.8. The molecule has 0 aromatic heterocycles. The average Bonchev–Trinajstić information content (AvgIpc) is 2.46. The lowest BCUT2D eigenvalue weighted by atomic mass is 10.2. The van der Waals surface area contributed by atoms with Crippen molar-refractivity contribution in [3.63, 3.8) is 0 Å². The zero-order valence-corrected chi connectivity index (χ0v) is 11.3. The molecule has 3 N–H and O–H groups in total. The van der Waals surface area contributed by atoms with Crippen LogP contribution in [-0.2, 0) is 14.3 Å². The van der Waals surface area contributed by atoms with Crippen LogP contribution in [0.4, 0.5) is 10.1 Å². The summed E-state index contributed by atoms with van der Waals surface area (Å²) in [5.74, 6) is -1.71. The number of anilines is 1. The maximum Gasteiger partial charge on any atom is 0.337 e. The molecule has 0 aliphatic heterocycles. The van der Waals surface area contributed by atoms with E-state index < -0.39 is 23.8 Å². The number of methoxy groups -OCH3 is 2. The third kappa shape index (κ3) is 4.29. The summed E-state index contributed by atoms with van der Waals surface area (Å²) in [6.45, 7) is 0.175. The van der Waals surface area contributed by atoms with Crippen molar-refractivity contribution in [2.24, 2.45) is 5.73 Å². The number of carbonyl (C=O) groups is 2. The first-order valence-corrected chi connectivity index (χ1v) is 5.92. The molecule has 0 aliphatic rings. The van der Waals surface area contributed by atoms with Crippen LogP contribution in [0, 0.1) is 5.82 Å². The monoisotopic (exact) mass is 284 g/mol. The molecule has 7 heteroatoms. The highest BCUT2D eigenvalue weighted by atomic mass is 19.1. The Bertz CT molecular complexity index is 489. The maximum atomic E-state index is 13.6. The predicted molar refractivity (Wildman–Crippen MR) is 70.8 cm³/mol. The third-order valence-corrected chi connectivity index (χ3v) is 2.67. The van der Waals surface area contributed by atoms with Crippen LogP contribution in [0.1, 0.15) is 16.8 Å². The quantitative estimate of drug-likeness (QED) is 0.758. The number of rotatable bonds is 6. The SMILES string of the molecule is COC(=O)c1ccc(F)c(NC(=O)CC(CN)OC)c1. The molecule has 1 amide bonds. The molecule has 0 aliphatic carbocycles. The molecule has 0 saturated heterocycles. The van der Waals surface area contributed by atoms with E-state index in [-0.39, 0.29) is 24.2 Å². The second-order valence-corrected chi connectivity index (χ2v) is 4.03. The molecule has 0 heterocycles. The Kier molecular flexibility index (Phi) is 6.08. The van der Waals surface area contributed by atoms with Crippen molar-refractivity contribution < 1.29 is 23.5 Å². The fraction of sp³-hybridized carbons (Fsp3) is 0.385. The van der Waals surface area contributed by atoms with E-state index in [9.17, 15) is 14.0 Å². The number of hydrogen-bond acceptors (Lipinski definition) is 5. The van der Waals surface area contributed by atoms with Gasteiger partial charge in [0.05, 0.1) is 30.9 Å². The van der Waals surface area contributed by atoms with Crippen molar-refractivity contribution in [3.8, 4) is 0 Å². The molecule has 1 rings (SSSR count). The van der Waals surface area contributed by atoms with E-state index in [4.69, 9.17) is 10.5 Å². The smallest absolute Gasteiger partial charge is 0.337 e. The van der Waals surface area contributed by atoms with Gasteiger partial charge in [-0.2, -0.15) is 0 Å². The zero-order valence-electron chi connectivity index (χ0n) is 11.3. The number of carbonyl (C=O) groups excluding carboxylic acids is 2. The van der Waals surface area contributed by atoms with Gasteiger partial charge in [0, 0.05) is 13.7 Å². The van der Waals surface area contributed by atoms with E-state index in [1.807, 2.05) is 0 Å². The van der Waals surface area contributed by atoms with Crippen molar-refractivity contribution in [3.05, 3.63) is 29.6 Å². The van der Waals surface area contributed by atoms with Crippen molar-refractivity contribution in [2.75, 3.05) is 26.1 Å². The average molecular weight is 284 g/mol. The number of amides is 1. The van der Waals surface area contributed by atoms with E-state index in [2.05, 4.69) is 10.1 Å². The van der Waals surface area contributed by atoms with Crippen LogP contribution in [0.25, 0.3) is 0 Å². The Labute approximate surface area is 116 Å². The highest BCUT2D eigenvalue weighted by Crippen LogP contribution is 2.17. The molecule has 1 aromatic rings. The molecule has 0 spiro atoms. The van der Waals surface area contributed by atoms with Crippen molar-refractivity contribution >= 4 is 17.6 Å². The van der Waals surface area contributed by atoms with Gasteiger partial charge in [-0.15, -0.1) is 0 Å². The summed E-state index contributed by atoms with van der Waals surface area (Å²) >= 11 is 0. The van der Waals surface area contributed by atoms with Crippen molar-refractivity contribution in [2.45, 2.75) is 12.5 Å². The lowest BCUT2D eigenvalue weighted by Gasteiger charge is -2.13. The van der Waals surface area contributed by atoms with Crippen LogP contribution >= 0.6 is 0 Å². The molecular weight excluding hydrogens is 267 g/mol. The van der Waals surface area contributed by atoms with Gasteiger partial charge in [0.1, 0.15) is 5.82 Å².